The van der Waals surface area contributed by atoms with Gasteiger partial charge in [0.1, 0.15) is 22.7 Å². The summed E-state index contributed by atoms with van der Waals surface area (Å²) < 4.78 is 13.0. The van der Waals surface area contributed by atoms with E-state index in [2.05, 4.69) is 210 Å². The molecule has 2 nitrogen and oxygen atoms in total. The molecule has 3 aliphatic rings. The molecule has 0 radical (unpaired) electrons. The first-order valence-electron chi connectivity index (χ1n) is 23.1. The highest BCUT2D eigenvalue weighted by molar-refractivity contribution is 7.25. The number of allylic oxidation sites excluding steroid dienone is 5. The van der Waals surface area contributed by atoms with Crippen LogP contribution in [-0.4, -0.2) is 0 Å². The summed E-state index contributed by atoms with van der Waals surface area (Å²) in [5, 5.41) is 2.34. The molecule has 0 atom stereocenters. The molecule has 7 aromatic carbocycles. The van der Waals surface area contributed by atoms with Crippen LogP contribution in [0.5, 0.6) is 5.75 Å². The zero-order valence-corrected chi connectivity index (χ0v) is 39.5. The normalized spacial score (nSPS) is 15.8. The zero-order chi connectivity index (χ0) is 45.2. The van der Waals surface area contributed by atoms with Crippen molar-refractivity contribution in [3.8, 4) is 69.8 Å². The molecule has 1 aliphatic heterocycles. The van der Waals surface area contributed by atoms with Gasteiger partial charge in [0.2, 0.25) is 0 Å². The average Bonchev–Trinajstić information content (AvgIpc) is 4.22. The molecule has 0 saturated carbocycles. The largest absolute Gasteiger partial charge is 0.461 e. The summed E-state index contributed by atoms with van der Waals surface area (Å²) in [7, 11) is 0. The first-order valence-corrected chi connectivity index (χ1v) is 24.7. The van der Waals surface area contributed by atoms with Gasteiger partial charge in [0.05, 0.1) is 0 Å². The molecule has 0 unspecified atom stereocenters. The van der Waals surface area contributed by atoms with Gasteiger partial charge in [-0.05, 0) is 157 Å². The molecular formula is C63H46O2S2. The first-order chi connectivity index (χ1) is 32.6. The predicted molar refractivity (Wildman–Crippen MR) is 283 cm³/mol. The summed E-state index contributed by atoms with van der Waals surface area (Å²) in [4.78, 5) is 5.12. The van der Waals surface area contributed by atoms with Crippen LogP contribution in [0.3, 0.4) is 0 Å². The van der Waals surface area contributed by atoms with Gasteiger partial charge in [-0.3, -0.25) is 0 Å². The van der Waals surface area contributed by atoms with Gasteiger partial charge >= 0.3 is 0 Å². The highest BCUT2D eigenvalue weighted by Crippen LogP contribution is 2.54. The van der Waals surface area contributed by atoms with E-state index in [0.29, 0.717) is 0 Å². The Morgan fingerprint density at radius 1 is 0.478 bits per heavy atom. The zero-order valence-electron chi connectivity index (χ0n) is 37.9. The van der Waals surface area contributed by atoms with Crippen LogP contribution < -0.4 is 4.74 Å². The lowest BCUT2D eigenvalue weighted by Gasteiger charge is -2.23. The van der Waals surface area contributed by atoms with E-state index >= 15 is 0 Å². The van der Waals surface area contributed by atoms with Crippen molar-refractivity contribution in [3.63, 3.8) is 0 Å². The summed E-state index contributed by atoms with van der Waals surface area (Å²) in [5.41, 5.74) is 20.4. The maximum atomic E-state index is 6.50. The summed E-state index contributed by atoms with van der Waals surface area (Å²) in [6.07, 6.45) is 5.07. The van der Waals surface area contributed by atoms with Crippen molar-refractivity contribution in [2.45, 2.75) is 44.9 Å². The molecule has 0 N–H and O–H groups in total. The first kappa shape index (κ1) is 40.1. The van der Waals surface area contributed by atoms with Crippen LogP contribution in [0.4, 0.5) is 0 Å². The van der Waals surface area contributed by atoms with E-state index in [1.807, 2.05) is 28.7 Å². The lowest BCUT2D eigenvalue weighted by atomic mass is 9.80. The minimum atomic E-state index is -0.203. The standard InChI is InChI=1S/C63H46O2S2/c1-6-51-47(34-44-30-43-29-39(19-23-55(43)64-44)37-13-9-7-10-14-37)45-21-17-41(32-52(45)62(51,2)3)58-25-27-60(66-58)61-28-26-59(67-61)42-18-22-46-48-36-57-50(35-54(48)63(4,5)53(46)33-42)49-31-40(20-24-56(49)65-57)38-15-11-8-12-16-38/h6-29,31-36H,1,30H2,2-5H3/b44-34+. The molecule has 4 heteroatoms. The summed E-state index contributed by atoms with van der Waals surface area (Å²) >= 11 is 3.74. The summed E-state index contributed by atoms with van der Waals surface area (Å²) in [6.45, 7) is 13.7. The van der Waals surface area contributed by atoms with E-state index in [-0.39, 0.29) is 10.8 Å². The fourth-order valence-corrected chi connectivity index (χ4v) is 13.1. The van der Waals surface area contributed by atoms with Gasteiger partial charge in [-0.25, -0.2) is 0 Å². The molecule has 0 amide bonds. The van der Waals surface area contributed by atoms with Crippen LogP contribution in [0.25, 0.3) is 91.5 Å². The topological polar surface area (TPSA) is 22.4 Å². The van der Waals surface area contributed by atoms with Gasteiger partial charge in [0, 0.05) is 53.1 Å². The van der Waals surface area contributed by atoms with Crippen molar-refractivity contribution >= 4 is 50.2 Å². The Labute approximate surface area is 399 Å². The molecule has 322 valence electrons. The van der Waals surface area contributed by atoms with Gasteiger partial charge in [-0.15, -0.1) is 22.7 Å². The van der Waals surface area contributed by atoms with Crippen LogP contribution in [0.15, 0.2) is 204 Å². The average molecular weight is 899 g/mol. The Morgan fingerprint density at radius 3 is 1.72 bits per heavy atom. The van der Waals surface area contributed by atoms with E-state index in [1.165, 1.54) is 108 Å². The highest BCUT2D eigenvalue weighted by Gasteiger charge is 2.38. The highest BCUT2D eigenvalue weighted by atomic mass is 32.1. The van der Waals surface area contributed by atoms with Crippen molar-refractivity contribution in [1.29, 1.82) is 0 Å². The van der Waals surface area contributed by atoms with Gasteiger partial charge in [0.25, 0.3) is 0 Å². The van der Waals surface area contributed by atoms with Gasteiger partial charge in [-0.1, -0.05) is 137 Å². The molecule has 0 spiro atoms. The quantitative estimate of drug-likeness (QED) is 0.159. The maximum Gasteiger partial charge on any atom is 0.136 e. The fourth-order valence-electron chi connectivity index (χ4n) is 11.0. The second-order valence-corrected chi connectivity index (χ2v) is 21.4. The molecule has 3 aromatic heterocycles. The van der Waals surface area contributed by atoms with Crippen molar-refractivity contribution < 1.29 is 9.15 Å². The summed E-state index contributed by atoms with van der Waals surface area (Å²) in [5.74, 6) is 1.91. The van der Waals surface area contributed by atoms with Crippen LogP contribution in [0.1, 0.15) is 55.5 Å². The van der Waals surface area contributed by atoms with E-state index in [4.69, 9.17) is 9.15 Å². The second kappa shape index (κ2) is 14.9. The Bertz CT molecular complexity index is 3750. The molecule has 2 aliphatic carbocycles. The van der Waals surface area contributed by atoms with Crippen LogP contribution in [0, 0.1) is 0 Å². The second-order valence-electron chi connectivity index (χ2n) is 19.3. The minimum Gasteiger partial charge on any atom is -0.461 e. The van der Waals surface area contributed by atoms with Crippen molar-refractivity contribution in [2.24, 2.45) is 0 Å². The predicted octanol–water partition coefficient (Wildman–Crippen LogP) is 18.1. The molecule has 0 fully saturated rings. The number of fused-ring (bicyclic) bond motifs is 8. The van der Waals surface area contributed by atoms with Gasteiger partial charge in [0.15, 0.2) is 0 Å². The number of hydrogen-bond donors (Lipinski definition) is 0. The van der Waals surface area contributed by atoms with Crippen LogP contribution in [0.2, 0.25) is 0 Å². The number of benzene rings is 7. The van der Waals surface area contributed by atoms with Gasteiger partial charge < -0.3 is 9.15 Å². The van der Waals surface area contributed by atoms with Crippen molar-refractivity contribution in [1.82, 2.24) is 0 Å². The third-order valence-corrected chi connectivity index (χ3v) is 17.1. The molecule has 0 bridgehead atoms. The lowest BCUT2D eigenvalue weighted by molar-refractivity contribution is 0.447. The minimum absolute atomic E-state index is 0.161. The molecular weight excluding hydrogens is 853 g/mol. The number of rotatable bonds is 7. The van der Waals surface area contributed by atoms with E-state index in [9.17, 15) is 0 Å². The number of thiophene rings is 2. The summed E-state index contributed by atoms with van der Waals surface area (Å²) in [6, 6.07) is 62.1. The van der Waals surface area contributed by atoms with Gasteiger partial charge in [-0.2, -0.15) is 0 Å². The van der Waals surface area contributed by atoms with E-state index in [1.54, 1.807) is 0 Å². The Kier molecular flexibility index (Phi) is 8.90. The smallest absolute Gasteiger partial charge is 0.136 e. The number of furan rings is 1. The number of ether oxygens (including phenoxy) is 1. The Hall–Kier alpha value is -7.24. The molecule has 4 heterocycles. The van der Waals surface area contributed by atoms with Crippen molar-refractivity contribution in [2.75, 3.05) is 0 Å². The van der Waals surface area contributed by atoms with E-state index < -0.39 is 0 Å². The third-order valence-electron chi connectivity index (χ3n) is 14.6. The maximum absolute atomic E-state index is 6.50. The fraction of sp³-hybridized carbons (Fsp3) is 0.111. The van der Waals surface area contributed by atoms with Crippen LogP contribution in [-0.2, 0) is 17.3 Å². The molecule has 10 aromatic rings. The Morgan fingerprint density at radius 2 is 1.04 bits per heavy atom. The SMILES string of the molecule is C=CC1=C(/C=C2\Cc3cc(-c4ccccc4)ccc3O2)c2ccc(-c3ccc(-c4ccc(-c5ccc6c(c5)C(C)(C)c5cc7c(cc5-6)oc5ccc(-c6ccccc6)cc57)s4)s3)cc2C1(C)C. The monoisotopic (exact) mass is 898 g/mol. The lowest BCUT2D eigenvalue weighted by Crippen LogP contribution is -2.16. The van der Waals surface area contributed by atoms with E-state index in [0.717, 1.165) is 34.5 Å². The molecule has 0 saturated heterocycles. The van der Waals surface area contributed by atoms with Crippen molar-refractivity contribution in [3.05, 3.63) is 228 Å². The molecule has 13 rings (SSSR count). The molecule has 67 heavy (non-hydrogen) atoms. The van der Waals surface area contributed by atoms with Crippen LogP contribution >= 0.6 is 22.7 Å². The Balaban J connectivity index is 0.765. The third kappa shape index (κ3) is 6.34. The number of hydrogen-bond acceptors (Lipinski definition) is 4.